The number of hydrogen-bond acceptors (Lipinski definition) is 0. The molecule has 0 aromatic heterocycles. The summed E-state index contributed by atoms with van der Waals surface area (Å²) in [5.41, 5.74) is 0. The van der Waals surface area contributed by atoms with Gasteiger partial charge in [-0.2, -0.15) is 0 Å². The van der Waals surface area contributed by atoms with Crippen molar-refractivity contribution in [2.45, 2.75) is 0 Å². The monoisotopic (exact) mass is 296 g/mol. The fraction of sp³-hybridized carbons (Fsp3) is 0. The van der Waals surface area contributed by atoms with Crippen molar-refractivity contribution in [2.24, 2.45) is 0 Å². The first-order valence-corrected chi connectivity index (χ1v) is 0. The quantitative estimate of drug-likeness (QED) is 0.523. The molecular weight excluding hydrogens is 297 g/mol. The molecule has 0 unspecified atom stereocenters. The molecule has 0 aliphatic carbocycles. The van der Waals surface area contributed by atoms with Crippen LogP contribution < -0.4 is 0 Å². The van der Waals surface area contributed by atoms with Crippen LogP contribution in [0, 0.1) is 0 Å². The van der Waals surface area contributed by atoms with Crippen LogP contribution in [0.3, 0.4) is 0 Å². The molecule has 0 aliphatic heterocycles. The molecular formula is H2Ag2OZn. The second-order valence-electron chi connectivity index (χ2n) is 0. The molecule has 0 rings (SSSR count). The maximum atomic E-state index is 0. The van der Waals surface area contributed by atoms with Crippen LogP contribution in [0.5, 0.6) is 0 Å². The van der Waals surface area contributed by atoms with Gasteiger partial charge in [0, 0.05) is 64.2 Å². The zero-order chi connectivity index (χ0) is 0. The maximum absolute atomic E-state index is 0. The Morgan fingerprint density at radius 2 is 0.750 bits per heavy atom. The topological polar surface area (TPSA) is 31.5 Å². The van der Waals surface area contributed by atoms with Crippen molar-refractivity contribution in [2.75, 3.05) is 0 Å². The first kappa shape index (κ1) is 36.5. The van der Waals surface area contributed by atoms with Gasteiger partial charge in [-0.25, -0.2) is 0 Å². The third-order valence-corrected chi connectivity index (χ3v) is 0. The van der Waals surface area contributed by atoms with E-state index >= 15 is 0 Å². The summed E-state index contributed by atoms with van der Waals surface area (Å²) in [6.45, 7) is 0. The molecule has 4 heavy (non-hydrogen) atoms. The van der Waals surface area contributed by atoms with Gasteiger partial charge < -0.3 is 5.48 Å². The Hall–Kier alpha value is 2.06. The van der Waals surface area contributed by atoms with Gasteiger partial charge in [0.2, 0.25) is 0 Å². The van der Waals surface area contributed by atoms with Crippen LogP contribution in [0.4, 0.5) is 0 Å². The van der Waals surface area contributed by atoms with Gasteiger partial charge in [-0.15, -0.1) is 0 Å². The van der Waals surface area contributed by atoms with E-state index in [0.717, 1.165) is 0 Å². The van der Waals surface area contributed by atoms with E-state index in [0.29, 0.717) is 0 Å². The van der Waals surface area contributed by atoms with Crippen molar-refractivity contribution < 1.29 is 69.7 Å². The third kappa shape index (κ3) is 8.96. The normalized spacial score (nSPS) is 0. The molecule has 0 amide bonds. The summed E-state index contributed by atoms with van der Waals surface area (Å²) in [7, 11) is 0. The number of rotatable bonds is 0. The minimum atomic E-state index is 0. The first-order valence-electron chi connectivity index (χ1n) is 0. The van der Waals surface area contributed by atoms with Crippen LogP contribution >= 0.6 is 0 Å². The van der Waals surface area contributed by atoms with Crippen molar-refractivity contribution in [1.82, 2.24) is 0 Å². The molecule has 0 aromatic carbocycles. The van der Waals surface area contributed by atoms with Crippen LogP contribution in [0.2, 0.25) is 0 Å². The van der Waals surface area contributed by atoms with Crippen LogP contribution in [0.15, 0.2) is 0 Å². The second-order valence-corrected chi connectivity index (χ2v) is 0. The standard InChI is InChI=1S/2Ag.H2O.Zn/h;;1H2;. The summed E-state index contributed by atoms with van der Waals surface area (Å²) in [4.78, 5) is 0. The molecule has 0 bridgehead atoms. The fourth-order valence-corrected chi connectivity index (χ4v) is 0. The Bertz CT molecular complexity index is 6.00. The molecule has 0 heterocycles. The molecule has 0 atom stereocenters. The molecule has 0 aromatic rings. The summed E-state index contributed by atoms with van der Waals surface area (Å²) >= 11 is 0. The summed E-state index contributed by atoms with van der Waals surface area (Å²) in [5, 5.41) is 0. The van der Waals surface area contributed by atoms with Crippen molar-refractivity contribution in [3.8, 4) is 0 Å². The minimum absolute atomic E-state index is 0. The molecule has 2 N–H and O–H groups in total. The van der Waals surface area contributed by atoms with E-state index in [2.05, 4.69) is 0 Å². The van der Waals surface area contributed by atoms with E-state index in [-0.39, 0.29) is 69.7 Å². The van der Waals surface area contributed by atoms with Gasteiger partial charge in [-0.05, 0) is 0 Å². The Labute approximate surface area is 69.0 Å². The number of hydrogen-bond donors (Lipinski definition) is 0. The van der Waals surface area contributed by atoms with Gasteiger partial charge in [0.1, 0.15) is 0 Å². The van der Waals surface area contributed by atoms with Gasteiger partial charge >= 0.3 is 0 Å². The molecule has 0 saturated heterocycles. The molecule has 1 nitrogen and oxygen atoms in total. The van der Waals surface area contributed by atoms with Gasteiger partial charge in [-0.3, -0.25) is 0 Å². The predicted octanol–water partition coefficient (Wildman–Crippen LogP) is -0.832. The minimum Gasteiger partial charge on any atom is -0.412 e. The van der Waals surface area contributed by atoms with Crippen LogP contribution in [-0.2, 0) is 64.2 Å². The Morgan fingerprint density at radius 3 is 0.750 bits per heavy atom. The van der Waals surface area contributed by atoms with Crippen LogP contribution in [0.1, 0.15) is 0 Å². The van der Waals surface area contributed by atoms with Gasteiger partial charge in [-0.1, -0.05) is 0 Å². The van der Waals surface area contributed by atoms with Gasteiger partial charge in [0.25, 0.3) is 0 Å². The summed E-state index contributed by atoms with van der Waals surface area (Å²) < 4.78 is 0. The molecule has 0 saturated carbocycles. The molecule has 4 heteroatoms. The third-order valence-electron chi connectivity index (χ3n) is 0. The van der Waals surface area contributed by atoms with E-state index < -0.39 is 0 Å². The van der Waals surface area contributed by atoms with Crippen molar-refractivity contribution in [3.63, 3.8) is 0 Å². The van der Waals surface area contributed by atoms with Gasteiger partial charge in [0.05, 0.1) is 0 Å². The second kappa shape index (κ2) is 19.6. The maximum Gasteiger partial charge on any atom is 0 e. The molecule has 32 valence electrons. The first-order chi connectivity index (χ1) is 0. The largest absolute Gasteiger partial charge is 0.412 e. The zero-order valence-electron chi connectivity index (χ0n) is 1.81. The van der Waals surface area contributed by atoms with E-state index in [4.69, 9.17) is 0 Å². The molecule has 0 aliphatic rings. The van der Waals surface area contributed by atoms with E-state index in [9.17, 15) is 0 Å². The fourth-order valence-electron chi connectivity index (χ4n) is 0. The molecule has 0 fully saturated rings. The van der Waals surface area contributed by atoms with Crippen molar-refractivity contribution in [1.29, 1.82) is 0 Å². The summed E-state index contributed by atoms with van der Waals surface area (Å²) in [6.07, 6.45) is 0. The molecule has 0 spiro atoms. The van der Waals surface area contributed by atoms with Crippen molar-refractivity contribution in [3.05, 3.63) is 0 Å². The van der Waals surface area contributed by atoms with E-state index in [1.165, 1.54) is 0 Å². The SMILES string of the molecule is O.[Ag].[Ag].[Zn]. The van der Waals surface area contributed by atoms with E-state index in [1.807, 2.05) is 0 Å². The molecule has 2 radical (unpaired) electrons. The Morgan fingerprint density at radius 1 is 0.750 bits per heavy atom. The average molecular weight is 299 g/mol. The zero-order valence-corrected chi connectivity index (χ0v) is 7.74. The predicted molar refractivity (Wildman–Crippen MR) is 3.61 cm³/mol. The van der Waals surface area contributed by atoms with Crippen molar-refractivity contribution >= 4 is 0 Å². The Balaban J connectivity index is 0. The average Bonchev–Trinajstić information content (AvgIpc) is 0. The van der Waals surface area contributed by atoms with Crippen LogP contribution in [-0.4, -0.2) is 5.48 Å². The summed E-state index contributed by atoms with van der Waals surface area (Å²) in [5.74, 6) is 0. The van der Waals surface area contributed by atoms with Crippen LogP contribution in [0.25, 0.3) is 0 Å². The summed E-state index contributed by atoms with van der Waals surface area (Å²) in [6, 6.07) is 0. The van der Waals surface area contributed by atoms with Gasteiger partial charge in [0.15, 0.2) is 0 Å². The Kier molecular flexibility index (Phi) is 179. The van der Waals surface area contributed by atoms with E-state index in [1.54, 1.807) is 0 Å². The smallest absolute Gasteiger partial charge is 0 e.